The van der Waals surface area contributed by atoms with Gasteiger partial charge in [0.05, 0.1) is 12.6 Å². The Morgan fingerprint density at radius 2 is 2.00 bits per heavy atom. The van der Waals surface area contributed by atoms with Crippen LogP contribution in [0.4, 0.5) is 13.2 Å². The monoisotopic (exact) mass is 478 g/mol. The molecule has 0 unspecified atom stereocenters. The Bertz CT molecular complexity index is 875. The van der Waals surface area contributed by atoms with E-state index in [1.54, 1.807) is 5.38 Å². The van der Waals surface area contributed by atoms with Crippen molar-refractivity contribution in [3.63, 3.8) is 0 Å². The van der Waals surface area contributed by atoms with Crippen LogP contribution in [0.1, 0.15) is 28.1 Å². The molecule has 1 aromatic carbocycles. The second-order valence-electron chi connectivity index (χ2n) is 6.00. The molecular formula is C17H14BrF3N2O4S. The molecular weight excluding hydrogens is 465 g/mol. The summed E-state index contributed by atoms with van der Waals surface area (Å²) >= 11 is 4.36. The maximum atomic E-state index is 13.0. The number of carboxylic acids is 1. The van der Waals surface area contributed by atoms with Crippen LogP contribution in [0.15, 0.2) is 40.2 Å². The number of halogens is 4. The summed E-state index contributed by atoms with van der Waals surface area (Å²) in [5.41, 5.74) is 3.62. The average Bonchev–Trinajstić information content (AvgIpc) is 3.02. The number of carbonyl (C=O) groups is 2. The highest BCUT2D eigenvalue weighted by Gasteiger charge is 2.51. The smallest absolute Gasteiger partial charge is 0.471 e. The quantitative estimate of drug-likeness (QED) is 0.639. The zero-order chi connectivity index (χ0) is 20.5. The molecule has 2 atom stereocenters. The number of fused-ring (bicyclic) bond motifs is 1. The largest absolute Gasteiger partial charge is 0.479 e. The van der Waals surface area contributed by atoms with Gasteiger partial charge in [-0.3, -0.25) is 9.63 Å². The molecule has 2 aromatic rings. The molecule has 2 N–H and O–H groups in total. The van der Waals surface area contributed by atoms with E-state index in [1.165, 1.54) is 11.3 Å². The lowest BCUT2D eigenvalue weighted by molar-refractivity contribution is -0.191. The molecule has 150 valence electrons. The van der Waals surface area contributed by atoms with Gasteiger partial charge in [0.1, 0.15) is 0 Å². The number of rotatable bonds is 5. The fourth-order valence-corrected chi connectivity index (χ4v) is 4.78. The Balaban J connectivity index is 1.87. The standard InChI is InChI=1S/C17H14BrF3N2O4S/c18-10-8-28-14-11(22-27-7-9-4-2-1-3-5-9)6-23(16(26)17(19,20)21)13(12(10)14)15(24)25/h1-5,8,11,13,22H,6-7H2,(H,24,25)/t11-,13-/m1/s1. The number of hydrogen-bond acceptors (Lipinski definition) is 5. The number of alkyl halides is 3. The van der Waals surface area contributed by atoms with Crippen LogP contribution in [0.3, 0.4) is 0 Å². The summed E-state index contributed by atoms with van der Waals surface area (Å²) in [7, 11) is 0. The van der Waals surface area contributed by atoms with E-state index in [-0.39, 0.29) is 12.2 Å². The number of aliphatic carboxylic acids is 1. The highest BCUT2D eigenvalue weighted by molar-refractivity contribution is 9.10. The third-order valence-corrected chi connectivity index (χ3v) is 6.21. The van der Waals surface area contributed by atoms with Crippen molar-refractivity contribution >= 4 is 39.1 Å². The van der Waals surface area contributed by atoms with Crippen molar-refractivity contribution in [1.29, 1.82) is 0 Å². The van der Waals surface area contributed by atoms with E-state index in [4.69, 9.17) is 4.84 Å². The van der Waals surface area contributed by atoms with Crippen LogP contribution in [0, 0.1) is 0 Å². The summed E-state index contributed by atoms with van der Waals surface area (Å²) in [6, 6.07) is 6.55. The molecule has 0 fully saturated rings. The maximum absolute atomic E-state index is 13.0. The first-order valence-electron chi connectivity index (χ1n) is 7.98. The van der Waals surface area contributed by atoms with E-state index < -0.39 is 36.7 Å². The lowest BCUT2D eigenvalue weighted by Gasteiger charge is -2.38. The third kappa shape index (κ3) is 4.22. The van der Waals surface area contributed by atoms with Crippen LogP contribution in [-0.4, -0.2) is 34.6 Å². The highest BCUT2D eigenvalue weighted by atomic mass is 79.9. The number of hydrogen-bond donors (Lipinski definition) is 2. The van der Waals surface area contributed by atoms with Gasteiger partial charge in [-0.15, -0.1) is 11.3 Å². The minimum atomic E-state index is -5.19. The van der Waals surface area contributed by atoms with Gasteiger partial charge in [0.15, 0.2) is 6.04 Å². The molecule has 28 heavy (non-hydrogen) atoms. The number of nitrogens with zero attached hydrogens (tertiary/aromatic N) is 1. The first kappa shape index (κ1) is 20.8. The van der Waals surface area contributed by atoms with Crippen molar-refractivity contribution in [2.45, 2.75) is 24.9 Å². The van der Waals surface area contributed by atoms with Gasteiger partial charge >= 0.3 is 18.1 Å². The first-order chi connectivity index (χ1) is 13.2. The SMILES string of the molecule is O=C(O)[C@H]1c2c(Br)csc2[C@H](NOCc2ccccc2)CN1C(=O)C(F)(F)F. The fourth-order valence-electron chi connectivity index (χ4n) is 2.95. The van der Waals surface area contributed by atoms with Crippen LogP contribution in [0.2, 0.25) is 0 Å². The lowest BCUT2D eigenvalue weighted by atomic mass is 9.97. The van der Waals surface area contributed by atoms with Crippen molar-refractivity contribution < 1.29 is 32.7 Å². The Morgan fingerprint density at radius 1 is 1.32 bits per heavy atom. The summed E-state index contributed by atoms with van der Waals surface area (Å²) in [5, 5.41) is 11.1. The van der Waals surface area contributed by atoms with Gasteiger partial charge in [-0.1, -0.05) is 30.3 Å². The zero-order valence-corrected chi connectivity index (χ0v) is 16.5. The van der Waals surface area contributed by atoms with E-state index >= 15 is 0 Å². The van der Waals surface area contributed by atoms with Crippen LogP contribution in [-0.2, 0) is 21.0 Å². The fraction of sp³-hybridized carbons (Fsp3) is 0.294. The Labute approximate surface area is 170 Å². The number of thiophene rings is 1. The van der Waals surface area contributed by atoms with Crippen molar-refractivity contribution in [3.05, 3.63) is 56.2 Å². The molecule has 0 aliphatic carbocycles. The van der Waals surface area contributed by atoms with Crippen molar-refractivity contribution in [2.24, 2.45) is 0 Å². The van der Waals surface area contributed by atoms with Gasteiger partial charge in [-0.25, -0.2) is 4.79 Å². The molecule has 6 nitrogen and oxygen atoms in total. The average molecular weight is 479 g/mol. The number of nitrogens with one attached hydrogen (secondary N) is 1. The predicted molar refractivity (Wildman–Crippen MR) is 97.3 cm³/mol. The summed E-state index contributed by atoms with van der Waals surface area (Å²) in [6.45, 7) is -0.348. The molecule has 0 saturated carbocycles. The minimum Gasteiger partial charge on any atom is -0.479 e. The lowest BCUT2D eigenvalue weighted by Crippen LogP contribution is -2.51. The van der Waals surface area contributed by atoms with Crippen LogP contribution in [0.25, 0.3) is 0 Å². The summed E-state index contributed by atoms with van der Waals surface area (Å²) < 4.78 is 39.4. The number of benzene rings is 1. The molecule has 0 bridgehead atoms. The van der Waals surface area contributed by atoms with Crippen LogP contribution < -0.4 is 5.48 Å². The molecule has 1 aromatic heterocycles. The van der Waals surface area contributed by atoms with E-state index in [1.807, 2.05) is 30.3 Å². The van der Waals surface area contributed by atoms with Gasteiger partial charge in [0.2, 0.25) is 0 Å². The minimum absolute atomic E-state index is 0.113. The maximum Gasteiger partial charge on any atom is 0.471 e. The summed E-state index contributed by atoms with van der Waals surface area (Å²) in [5.74, 6) is -3.75. The molecule has 1 amide bonds. The molecule has 2 heterocycles. The molecule has 0 radical (unpaired) electrons. The van der Waals surface area contributed by atoms with E-state index in [0.29, 0.717) is 14.2 Å². The molecule has 1 aliphatic heterocycles. The second kappa shape index (κ2) is 8.19. The van der Waals surface area contributed by atoms with Gasteiger partial charge in [-0.05, 0) is 21.5 Å². The molecule has 0 saturated heterocycles. The van der Waals surface area contributed by atoms with Gasteiger partial charge < -0.3 is 10.0 Å². The zero-order valence-electron chi connectivity index (χ0n) is 14.1. The van der Waals surface area contributed by atoms with Crippen LogP contribution >= 0.6 is 27.3 Å². The summed E-state index contributed by atoms with van der Waals surface area (Å²) in [6.07, 6.45) is -5.19. The molecule has 1 aliphatic rings. The topological polar surface area (TPSA) is 78.9 Å². The summed E-state index contributed by atoms with van der Waals surface area (Å²) in [4.78, 5) is 29.8. The van der Waals surface area contributed by atoms with Crippen LogP contribution in [0.5, 0.6) is 0 Å². The van der Waals surface area contributed by atoms with Crippen molar-refractivity contribution in [2.75, 3.05) is 6.54 Å². The van der Waals surface area contributed by atoms with Gasteiger partial charge in [0, 0.05) is 26.8 Å². The Kier molecular flexibility index (Phi) is 6.08. The first-order valence-corrected chi connectivity index (χ1v) is 9.66. The Morgan fingerprint density at radius 3 is 2.61 bits per heavy atom. The van der Waals surface area contributed by atoms with Crippen molar-refractivity contribution in [1.82, 2.24) is 10.4 Å². The number of hydroxylamine groups is 1. The van der Waals surface area contributed by atoms with Gasteiger partial charge in [-0.2, -0.15) is 18.7 Å². The number of carboxylic acid groups (broad SMARTS) is 1. The van der Waals surface area contributed by atoms with E-state index in [9.17, 15) is 27.9 Å². The molecule has 0 spiro atoms. The normalized spacial score (nSPS) is 19.4. The van der Waals surface area contributed by atoms with E-state index in [0.717, 1.165) is 5.56 Å². The van der Waals surface area contributed by atoms with E-state index in [2.05, 4.69) is 21.4 Å². The van der Waals surface area contributed by atoms with Crippen molar-refractivity contribution in [3.8, 4) is 0 Å². The molecule has 11 heteroatoms. The highest BCUT2D eigenvalue weighted by Crippen LogP contribution is 2.44. The van der Waals surface area contributed by atoms with Gasteiger partial charge in [0.25, 0.3) is 0 Å². The number of carbonyl (C=O) groups excluding carboxylic acids is 1. The second-order valence-corrected chi connectivity index (χ2v) is 7.77. The molecule has 3 rings (SSSR count). The third-order valence-electron chi connectivity index (χ3n) is 4.14. The predicted octanol–water partition coefficient (Wildman–Crippen LogP) is 3.80. The number of amides is 1. The Hall–Kier alpha value is -1.95.